The lowest BCUT2D eigenvalue weighted by atomic mass is 9.95. The van der Waals surface area contributed by atoms with Gasteiger partial charge < -0.3 is 9.47 Å². The molecule has 3 aromatic rings. The van der Waals surface area contributed by atoms with Crippen LogP contribution in [0.2, 0.25) is 5.02 Å². The molecule has 0 saturated heterocycles. The number of hydrogen-bond acceptors (Lipinski definition) is 6. The molecular formula is C27H22BrClN2O4S. The Kier molecular flexibility index (Phi) is 7.84. The van der Waals surface area contributed by atoms with E-state index in [2.05, 4.69) is 26.8 Å². The molecule has 0 radical (unpaired) electrons. The lowest BCUT2D eigenvalue weighted by Gasteiger charge is -2.24. The number of nitrogens with zero attached hydrogens (tertiary/aromatic N) is 2. The minimum Gasteiger partial charge on any atom is -0.479 e. The molecule has 0 saturated carbocycles. The van der Waals surface area contributed by atoms with E-state index in [0.717, 1.165) is 11.1 Å². The maximum absolute atomic E-state index is 13.8. The molecule has 2 aromatic carbocycles. The number of halogens is 2. The first-order valence-electron chi connectivity index (χ1n) is 11.1. The van der Waals surface area contributed by atoms with Crippen LogP contribution in [0.5, 0.6) is 5.75 Å². The van der Waals surface area contributed by atoms with Gasteiger partial charge in [0.05, 0.1) is 32.9 Å². The number of terminal acetylenes is 1. The molecule has 0 aliphatic carbocycles. The number of aromatic nitrogens is 1. The minimum atomic E-state index is -0.675. The Hall–Kier alpha value is -3.12. The van der Waals surface area contributed by atoms with Gasteiger partial charge in [0.1, 0.15) is 12.4 Å². The second-order valence-corrected chi connectivity index (χ2v) is 10.3. The summed E-state index contributed by atoms with van der Waals surface area (Å²) in [6.45, 7) is 5.74. The van der Waals surface area contributed by atoms with Gasteiger partial charge in [-0.15, -0.1) is 6.42 Å². The van der Waals surface area contributed by atoms with Crippen LogP contribution in [0.1, 0.15) is 36.6 Å². The number of ether oxygens (including phenoxy) is 2. The highest BCUT2D eigenvalue weighted by atomic mass is 79.9. The van der Waals surface area contributed by atoms with Crippen molar-refractivity contribution in [1.29, 1.82) is 0 Å². The van der Waals surface area contributed by atoms with E-state index < -0.39 is 12.0 Å². The van der Waals surface area contributed by atoms with Gasteiger partial charge in [-0.05, 0) is 60.5 Å². The zero-order chi connectivity index (χ0) is 26.0. The molecule has 2 heterocycles. The number of aryl methyl sites for hydroxylation is 1. The lowest BCUT2D eigenvalue weighted by molar-refractivity contribution is -0.139. The summed E-state index contributed by atoms with van der Waals surface area (Å²) in [6.07, 6.45) is 7.06. The molecule has 0 amide bonds. The Morgan fingerprint density at radius 3 is 2.69 bits per heavy atom. The standard InChI is InChI=1S/C27H22BrClN2O4S/c1-5-11-35-24-18(12-19(29)14-20(24)28)13-21-25(32)31-23(17-9-7-15(3)8-10-17)22(26(33)34-6-2)16(4)30-27(31)36-21/h1,7-10,12-14,23H,6,11H2,2-4H3/b21-13-/t23-/m1/s1. The molecule has 0 N–H and O–H groups in total. The number of rotatable bonds is 6. The van der Waals surface area contributed by atoms with Crippen LogP contribution in [0, 0.1) is 19.3 Å². The molecule has 36 heavy (non-hydrogen) atoms. The van der Waals surface area contributed by atoms with E-state index in [0.29, 0.717) is 41.4 Å². The van der Waals surface area contributed by atoms with Crippen molar-refractivity contribution in [2.45, 2.75) is 26.8 Å². The molecule has 9 heteroatoms. The molecule has 4 rings (SSSR count). The maximum atomic E-state index is 13.8. The smallest absolute Gasteiger partial charge is 0.338 e. The van der Waals surface area contributed by atoms with Crippen LogP contribution in [0.4, 0.5) is 0 Å². The summed E-state index contributed by atoms with van der Waals surface area (Å²) in [6, 6.07) is 10.4. The van der Waals surface area contributed by atoms with Gasteiger partial charge in [-0.3, -0.25) is 9.36 Å². The predicted octanol–water partition coefficient (Wildman–Crippen LogP) is 4.53. The summed E-state index contributed by atoms with van der Waals surface area (Å²) in [5, 5.41) is 0.465. The largest absolute Gasteiger partial charge is 0.479 e. The van der Waals surface area contributed by atoms with E-state index in [1.165, 1.54) is 11.3 Å². The van der Waals surface area contributed by atoms with Crippen LogP contribution in [0.3, 0.4) is 0 Å². The minimum absolute atomic E-state index is 0.0534. The lowest BCUT2D eigenvalue weighted by Crippen LogP contribution is -2.39. The van der Waals surface area contributed by atoms with Crippen molar-refractivity contribution in [3.8, 4) is 18.1 Å². The monoisotopic (exact) mass is 584 g/mol. The van der Waals surface area contributed by atoms with E-state index >= 15 is 0 Å². The molecule has 1 aliphatic heterocycles. The van der Waals surface area contributed by atoms with E-state index in [4.69, 9.17) is 27.5 Å². The number of thiazole rings is 1. The van der Waals surface area contributed by atoms with Crippen LogP contribution >= 0.6 is 38.9 Å². The molecule has 0 unspecified atom stereocenters. The van der Waals surface area contributed by atoms with Gasteiger partial charge in [0.15, 0.2) is 4.80 Å². The first-order valence-corrected chi connectivity index (χ1v) is 13.1. The SMILES string of the molecule is C#CCOc1c(Br)cc(Cl)cc1/C=c1\sc2n(c1=O)[C@H](c1ccc(C)cc1)C(C(=O)OCC)=C(C)N=2. The van der Waals surface area contributed by atoms with Gasteiger partial charge >= 0.3 is 5.97 Å². The summed E-state index contributed by atoms with van der Waals surface area (Å²) < 4.78 is 13.6. The average molecular weight is 586 g/mol. The molecule has 1 aliphatic rings. The molecule has 1 aromatic heterocycles. The van der Waals surface area contributed by atoms with Gasteiger partial charge in [0.2, 0.25) is 0 Å². The van der Waals surface area contributed by atoms with Crippen LogP contribution in [0.15, 0.2) is 61.9 Å². The second-order valence-electron chi connectivity index (χ2n) is 8.01. The van der Waals surface area contributed by atoms with Crippen molar-refractivity contribution < 1.29 is 14.3 Å². The highest BCUT2D eigenvalue weighted by Crippen LogP contribution is 2.34. The first kappa shape index (κ1) is 26.0. The van der Waals surface area contributed by atoms with E-state index in [1.54, 1.807) is 36.6 Å². The summed E-state index contributed by atoms with van der Waals surface area (Å²) in [5.74, 6) is 2.42. The number of carbonyl (C=O) groups excluding carboxylic acids is 1. The quantitative estimate of drug-likeness (QED) is 0.315. The predicted molar refractivity (Wildman–Crippen MR) is 145 cm³/mol. The number of allylic oxidation sites excluding steroid dienone is 1. The third-order valence-corrected chi connectivity index (χ3v) is 7.32. The first-order chi connectivity index (χ1) is 17.2. The number of benzene rings is 2. The van der Waals surface area contributed by atoms with Gasteiger partial charge in [-0.25, -0.2) is 9.79 Å². The maximum Gasteiger partial charge on any atom is 0.338 e. The molecule has 0 bridgehead atoms. The van der Waals surface area contributed by atoms with Crippen molar-refractivity contribution in [2.75, 3.05) is 13.2 Å². The zero-order valence-electron chi connectivity index (χ0n) is 19.8. The molecule has 0 fully saturated rings. The van der Waals surface area contributed by atoms with Gasteiger partial charge in [-0.2, -0.15) is 0 Å². The van der Waals surface area contributed by atoms with E-state index in [1.807, 2.05) is 31.2 Å². The molecule has 184 valence electrons. The van der Waals surface area contributed by atoms with Crippen molar-refractivity contribution in [2.24, 2.45) is 4.99 Å². The number of carbonyl (C=O) groups is 1. The Bertz CT molecular complexity index is 1600. The average Bonchev–Trinajstić information content (AvgIpc) is 3.12. The molecule has 0 spiro atoms. The molecule has 1 atom stereocenters. The fourth-order valence-corrected chi connectivity index (χ4v) is 5.94. The van der Waals surface area contributed by atoms with Crippen molar-refractivity contribution in [3.05, 3.63) is 93.5 Å². The highest BCUT2D eigenvalue weighted by Gasteiger charge is 2.33. The second kappa shape index (κ2) is 10.9. The zero-order valence-corrected chi connectivity index (χ0v) is 23.0. The Morgan fingerprint density at radius 1 is 1.31 bits per heavy atom. The Labute approximate surface area is 225 Å². The molecular weight excluding hydrogens is 564 g/mol. The fourth-order valence-electron chi connectivity index (χ4n) is 3.95. The van der Waals surface area contributed by atoms with Crippen LogP contribution < -0.4 is 19.6 Å². The van der Waals surface area contributed by atoms with Crippen LogP contribution in [-0.2, 0) is 9.53 Å². The van der Waals surface area contributed by atoms with Crippen molar-refractivity contribution >= 4 is 50.9 Å². The third kappa shape index (κ3) is 5.05. The van der Waals surface area contributed by atoms with Crippen LogP contribution in [0.25, 0.3) is 6.08 Å². The van der Waals surface area contributed by atoms with E-state index in [-0.39, 0.29) is 18.8 Å². The Balaban J connectivity index is 1.96. The van der Waals surface area contributed by atoms with Crippen molar-refractivity contribution in [1.82, 2.24) is 4.57 Å². The number of esters is 1. The van der Waals surface area contributed by atoms with Crippen LogP contribution in [-0.4, -0.2) is 23.8 Å². The molecule has 6 nitrogen and oxygen atoms in total. The topological polar surface area (TPSA) is 69.9 Å². The highest BCUT2D eigenvalue weighted by molar-refractivity contribution is 9.10. The summed E-state index contributed by atoms with van der Waals surface area (Å²) in [4.78, 5) is 31.9. The number of hydrogen-bond donors (Lipinski definition) is 0. The summed E-state index contributed by atoms with van der Waals surface area (Å²) in [5.41, 5.74) is 2.99. The van der Waals surface area contributed by atoms with Crippen molar-refractivity contribution in [3.63, 3.8) is 0 Å². The Morgan fingerprint density at radius 2 is 2.03 bits per heavy atom. The third-order valence-electron chi connectivity index (χ3n) is 5.53. The van der Waals surface area contributed by atoms with Gasteiger partial charge in [-0.1, -0.05) is 58.7 Å². The summed E-state index contributed by atoms with van der Waals surface area (Å²) in [7, 11) is 0. The summed E-state index contributed by atoms with van der Waals surface area (Å²) >= 11 is 11.0. The normalized spacial score (nSPS) is 15.2. The van der Waals surface area contributed by atoms with Gasteiger partial charge in [0, 0.05) is 10.6 Å². The van der Waals surface area contributed by atoms with E-state index in [9.17, 15) is 9.59 Å². The fraction of sp³-hybridized carbons (Fsp3) is 0.222. The number of fused-ring (bicyclic) bond motifs is 1. The van der Waals surface area contributed by atoms with Gasteiger partial charge in [0.25, 0.3) is 5.56 Å².